The number of hydrogen-bond donors (Lipinski definition) is 0. The molecule has 4 nitrogen and oxygen atoms in total. The number of carbonyl (C=O) groups is 2. The fourth-order valence-corrected chi connectivity index (χ4v) is 3.84. The highest BCUT2D eigenvalue weighted by atomic mass is 19.1. The monoisotopic (exact) mass is 346 g/mol. The summed E-state index contributed by atoms with van der Waals surface area (Å²) in [7, 11) is 0. The first-order valence-electron chi connectivity index (χ1n) is 9.42. The molecule has 2 heterocycles. The minimum absolute atomic E-state index is 0.0849. The van der Waals surface area contributed by atoms with E-state index in [0.29, 0.717) is 18.9 Å². The number of benzene rings is 1. The van der Waals surface area contributed by atoms with Gasteiger partial charge in [0.25, 0.3) is 0 Å². The van der Waals surface area contributed by atoms with Gasteiger partial charge in [0.05, 0.1) is 6.54 Å². The second kappa shape index (κ2) is 8.45. The fourth-order valence-electron chi connectivity index (χ4n) is 3.84. The van der Waals surface area contributed by atoms with Crippen molar-refractivity contribution in [2.45, 2.75) is 44.9 Å². The lowest BCUT2D eigenvalue weighted by Crippen LogP contribution is -2.47. The smallest absolute Gasteiger partial charge is 0.242 e. The van der Waals surface area contributed by atoms with Crippen molar-refractivity contribution >= 4 is 11.8 Å². The van der Waals surface area contributed by atoms with E-state index in [1.54, 1.807) is 4.90 Å². The van der Waals surface area contributed by atoms with Gasteiger partial charge in [-0.05, 0) is 62.1 Å². The molecule has 0 aromatic heterocycles. The lowest BCUT2D eigenvalue weighted by molar-refractivity contribution is -0.142. The van der Waals surface area contributed by atoms with Gasteiger partial charge in [-0.15, -0.1) is 0 Å². The number of hydrogen-bond acceptors (Lipinski definition) is 2. The van der Waals surface area contributed by atoms with Crippen molar-refractivity contribution in [3.8, 4) is 0 Å². The molecule has 3 rings (SSSR count). The third kappa shape index (κ3) is 5.03. The molecule has 0 bridgehead atoms. The molecule has 0 saturated carbocycles. The second-order valence-electron chi connectivity index (χ2n) is 7.29. The molecule has 2 aliphatic rings. The van der Waals surface area contributed by atoms with E-state index in [4.69, 9.17) is 0 Å². The summed E-state index contributed by atoms with van der Waals surface area (Å²) in [6, 6.07) is 6.68. The Balaban J connectivity index is 1.47. The van der Waals surface area contributed by atoms with Crippen molar-refractivity contribution in [2.75, 3.05) is 26.2 Å². The molecular formula is C20H27FN2O2. The molecule has 2 aliphatic heterocycles. The van der Waals surface area contributed by atoms with Crippen LogP contribution in [0, 0.1) is 11.7 Å². The number of amides is 2. The lowest BCUT2D eigenvalue weighted by atomic mass is 9.91. The standard InChI is InChI=1S/C20H27FN2O2/c21-18-10-8-16(9-11-18)6-7-17-4-3-13-22(14-17)20(25)15-23-12-2-1-5-19(23)24/h8-11,17H,1-7,12-15H2. The molecule has 1 aromatic rings. The summed E-state index contributed by atoms with van der Waals surface area (Å²) in [5.41, 5.74) is 1.14. The Kier molecular flexibility index (Phi) is 6.05. The summed E-state index contributed by atoms with van der Waals surface area (Å²) in [5.74, 6) is 0.483. The number of halogens is 1. The first kappa shape index (κ1) is 17.9. The molecule has 0 N–H and O–H groups in total. The van der Waals surface area contributed by atoms with E-state index < -0.39 is 0 Å². The number of nitrogens with zero attached hydrogens (tertiary/aromatic N) is 2. The second-order valence-corrected chi connectivity index (χ2v) is 7.29. The van der Waals surface area contributed by atoms with Gasteiger partial charge in [0, 0.05) is 26.1 Å². The predicted octanol–water partition coefficient (Wildman–Crippen LogP) is 3.01. The molecule has 1 aromatic carbocycles. The van der Waals surface area contributed by atoms with Crippen LogP contribution in [-0.4, -0.2) is 47.8 Å². The van der Waals surface area contributed by atoms with Crippen LogP contribution in [0.3, 0.4) is 0 Å². The molecule has 2 saturated heterocycles. The van der Waals surface area contributed by atoms with Crippen molar-refractivity contribution in [2.24, 2.45) is 5.92 Å². The molecule has 0 radical (unpaired) electrons. The van der Waals surface area contributed by atoms with E-state index in [9.17, 15) is 14.0 Å². The summed E-state index contributed by atoms with van der Waals surface area (Å²) >= 11 is 0. The largest absolute Gasteiger partial charge is 0.341 e. The van der Waals surface area contributed by atoms with E-state index in [1.807, 2.05) is 17.0 Å². The Hall–Kier alpha value is -1.91. The molecule has 25 heavy (non-hydrogen) atoms. The van der Waals surface area contributed by atoms with Gasteiger partial charge >= 0.3 is 0 Å². The van der Waals surface area contributed by atoms with Crippen molar-refractivity contribution in [1.29, 1.82) is 0 Å². The number of piperidine rings is 2. The molecule has 2 fully saturated rings. The van der Waals surface area contributed by atoms with Gasteiger partial charge in [0.2, 0.25) is 11.8 Å². The van der Waals surface area contributed by atoms with E-state index in [-0.39, 0.29) is 24.2 Å². The van der Waals surface area contributed by atoms with Crippen LogP contribution in [-0.2, 0) is 16.0 Å². The van der Waals surface area contributed by atoms with E-state index in [2.05, 4.69) is 0 Å². The third-order valence-electron chi connectivity index (χ3n) is 5.37. The topological polar surface area (TPSA) is 40.6 Å². The third-order valence-corrected chi connectivity index (χ3v) is 5.37. The van der Waals surface area contributed by atoms with Crippen LogP contribution in [0.15, 0.2) is 24.3 Å². The highest BCUT2D eigenvalue weighted by Gasteiger charge is 2.27. The average Bonchev–Trinajstić information content (AvgIpc) is 2.63. The zero-order chi connectivity index (χ0) is 17.6. The summed E-state index contributed by atoms with van der Waals surface area (Å²) in [6.07, 6.45) is 6.60. The van der Waals surface area contributed by atoms with Crippen molar-refractivity contribution < 1.29 is 14.0 Å². The predicted molar refractivity (Wildman–Crippen MR) is 94.5 cm³/mol. The average molecular weight is 346 g/mol. The number of likely N-dealkylation sites (tertiary alicyclic amines) is 2. The van der Waals surface area contributed by atoms with E-state index >= 15 is 0 Å². The summed E-state index contributed by atoms with van der Waals surface area (Å²) in [4.78, 5) is 28.1. The number of rotatable bonds is 5. The minimum atomic E-state index is -0.203. The molecule has 1 atom stereocenters. The van der Waals surface area contributed by atoms with Crippen molar-refractivity contribution in [1.82, 2.24) is 9.80 Å². The summed E-state index contributed by atoms with van der Waals surface area (Å²) in [6.45, 7) is 2.53. The van der Waals surface area contributed by atoms with Crippen LogP contribution in [0.1, 0.15) is 44.1 Å². The highest BCUT2D eigenvalue weighted by molar-refractivity contribution is 5.85. The first-order chi connectivity index (χ1) is 12.1. The maximum atomic E-state index is 13.0. The van der Waals surface area contributed by atoms with Crippen LogP contribution in [0.25, 0.3) is 0 Å². The summed E-state index contributed by atoms with van der Waals surface area (Å²) < 4.78 is 13.0. The van der Waals surface area contributed by atoms with Gasteiger partial charge in [0.15, 0.2) is 0 Å². The molecule has 5 heteroatoms. The minimum Gasteiger partial charge on any atom is -0.341 e. The van der Waals surface area contributed by atoms with Crippen LogP contribution in [0.5, 0.6) is 0 Å². The summed E-state index contributed by atoms with van der Waals surface area (Å²) in [5, 5.41) is 0. The van der Waals surface area contributed by atoms with Gasteiger partial charge in [0.1, 0.15) is 5.82 Å². The molecule has 2 amide bonds. The van der Waals surface area contributed by atoms with E-state index in [1.165, 1.54) is 12.1 Å². The number of carbonyl (C=O) groups excluding carboxylic acids is 2. The lowest BCUT2D eigenvalue weighted by Gasteiger charge is -2.35. The van der Waals surface area contributed by atoms with Crippen LogP contribution in [0.2, 0.25) is 0 Å². The molecule has 136 valence electrons. The van der Waals surface area contributed by atoms with Crippen molar-refractivity contribution in [3.05, 3.63) is 35.6 Å². The van der Waals surface area contributed by atoms with Gasteiger partial charge in [-0.1, -0.05) is 12.1 Å². The molecular weight excluding hydrogens is 319 g/mol. The van der Waals surface area contributed by atoms with Crippen molar-refractivity contribution in [3.63, 3.8) is 0 Å². The fraction of sp³-hybridized carbons (Fsp3) is 0.600. The SMILES string of the molecule is O=C1CCCCN1CC(=O)N1CCCC(CCc2ccc(F)cc2)C1. The maximum absolute atomic E-state index is 13.0. The highest BCUT2D eigenvalue weighted by Crippen LogP contribution is 2.22. The van der Waals surface area contributed by atoms with Gasteiger partial charge in [-0.25, -0.2) is 4.39 Å². The van der Waals surface area contributed by atoms with E-state index in [0.717, 1.165) is 57.2 Å². The van der Waals surface area contributed by atoms with Crippen LogP contribution >= 0.6 is 0 Å². The first-order valence-corrected chi connectivity index (χ1v) is 9.42. The zero-order valence-electron chi connectivity index (χ0n) is 14.8. The zero-order valence-corrected chi connectivity index (χ0v) is 14.8. The molecule has 0 aliphatic carbocycles. The van der Waals surface area contributed by atoms with Crippen LogP contribution < -0.4 is 0 Å². The Morgan fingerprint density at radius 2 is 1.92 bits per heavy atom. The number of aryl methyl sites for hydroxylation is 1. The van der Waals surface area contributed by atoms with Gasteiger partial charge < -0.3 is 9.80 Å². The van der Waals surface area contributed by atoms with Crippen LogP contribution in [0.4, 0.5) is 4.39 Å². The Morgan fingerprint density at radius 3 is 2.68 bits per heavy atom. The quantitative estimate of drug-likeness (QED) is 0.822. The Bertz CT molecular complexity index is 602. The van der Waals surface area contributed by atoms with Gasteiger partial charge in [-0.2, -0.15) is 0 Å². The molecule has 1 unspecified atom stereocenters. The maximum Gasteiger partial charge on any atom is 0.242 e. The van der Waals surface area contributed by atoms with Gasteiger partial charge in [-0.3, -0.25) is 9.59 Å². The normalized spacial score (nSPS) is 21.5. The Morgan fingerprint density at radius 1 is 1.12 bits per heavy atom. The Labute approximate surface area is 149 Å². The molecule has 0 spiro atoms.